The van der Waals surface area contributed by atoms with Crippen molar-refractivity contribution in [3.05, 3.63) is 0 Å². The van der Waals surface area contributed by atoms with Gasteiger partial charge in [0, 0.05) is 24.2 Å². The summed E-state index contributed by atoms with van der Waals surface area (Å²) in [5.41, 5.74) is 0.615. The molecule has 0 unspecified atom stereocenters. The summed E-state index contributed by atoms with van der Waals surface area (Å²) < 4.78 is 5.46. The Hall–Kier alpha value is 0.867. The second kappa shape index (κ2) is 3.96. The smallest absolute Gasteiger partial charge is 0.273 e. The average molecular weight is 340 g/mol. The highest BCUT2D eigenvalue weighted by Gasteiger charge is 2.51. The zero-order valence-corrected chi connectivity index (χ0v) is 14.3. The van der Waals surface area contributed by atoms with E-state index < -0.39 is 5.89 Å². The van der Waals surface area contributed by atoms with Crippen molar-refractivity contribution in [2.45, 2.75) is 59.2 Å². The summed E-state index contributed by atoms with van der Waals surface area (Å²) >= 11 is 2.73. The maximum Gasteiger partial charge on any atom is 0.273 e. The van der Waals surface area contributed by atoms with Gasteiger partial charge in [0.2, 0.25) is 0 Å². The van der Waals surface area contributed by atoms with Crippen LogP contribution in [0.1, 0.15) is 41.5 Å². The lowest BCUT2D eigenvalue weighted by Gasteiger charge is -2.46. The molecule has 0 N–H and O–H groups in total. The van der Waals surface area contributed by atoms with Crippen molar-refractivity contribution in [1.82, 2.24) is 9.13 Å². The Bertz CT molecular complexity index is 216. The average Bonchev–Trinajstić information content (AvgIpc) is 2.21. The number of hydrogen-bond donors (Lipinski definition) is 0. The van der Waals surface area contributed by atoms with Crippen LogP contribution in [0, 0.1) is 0 Å². The Balaban J connectivity index is 2.95. The summed E-state index contributed by atoms with van der Waals surface area (Å²) in [5.74, 6) is -1.43. The van der Waals surface area contributed by atoms with Gasteiger partial charge in [0.1, 0.15) is 0 Å². The van der Waals surface area contributed by atoms with Crippen LogP contribution in [0.3, 0.4) is 0 Å². The molecule has 1 aliphatic rings. The zero-order chi connectivity index (χ0) is 12.1. The molecule has 1 rings (SSSR count). The molecule has 15 heavy (non-hydrogen) atoms. The maximum absolute atomic E-state index is 2.73. The molecule has 0 saturated carbocycles. The van der Waals surface area contributed by atoms with E-state index in [4.69, 9.17) is 0 Å². The molecule has 4 heteroatoms. The van der Waals surface area contributed by atoms with Gasteiger partial charge in [-0.05, 0) is 48.1 Å². The van der Waals surface area contributed by atoms with Crippen LogP contribution in [0.25, 0.3) is 0 Å². The van der Waals surface area contributed by atoms with Gasteiger partial charge in [-0.2, -0.15) is 0 Å². The van der Waals surface area contributed by atoms with Crippen molar-refractivity contribution in [3.8, 4) is 0 Å². The molecule has 0 aromatic heterocycles. The zero-order valence-electron chi connectivity index (χ0n) is 11.2. The predicted molar refractivity (Wildman–Crippen MR) is 78.6 cm³/mol. The first-order chi connectivity index (χ1) is 6.47. The molecule has 1 heterocycles. The second-order valence-corrected chi connectivity index (χ2v) is 15.6. The number of halogens is 1. The first-order valence-corrected chi connectivity index (χ1v) is 11.2. The van der Waals surface area contributed by atoms with Crippen molar-refractivity contribution in [2.24, 2.45) is 0 Å². The summed E-state index contributed by atoms with van der Waals surface area (Å²) in [6.45, 7) is 18.9. The monoisotopic (exact) mass is 340 g/mol. The number of nitrogens with zero attached hydrogens (tertiary/aromatic N) is 2. The molecule has 1 saturated heterocycles. The molecule has 0 atom stereocenters. The molecule has 1 aliphatic heterocycles. The van der Waals surface area contributed by atoms with Gasteiger partial charge in [-0.25, -0.2) is 0 Å². The molecule has 0 aromatic carbocycles. The van der Waals surface area contributed by atoms with Crippen LogP contribution >= 0.6 is 21.8 Å². The molecule has 90 valence electrons. The Kier molecular flexibility index (Phi) is 3.68. The quantitative estimate of drug-likeness (QED) is 0.380. The fraction of sp³-hybridized carbons (Fsp3) is 1.00. The Labute approximate surface area is 109 Å². The van der Waals surface area contributed by atoms with Crippen molar-refractivity contribution >= 4 is 27.7 Å². The third-order valence-electron chi connectivity index (χ3n) is 3.15. The van der Waals surface area contributed by atoms with Gasteiger partial charge in [-0.15, -0.1) is 0 Å². The van der Waals surface area contributed by atoms with E-state index in [9.17, 15) is 0 Å². The highest BCUT2D eigenvalue weighted by molar-refractivity contribution is 14.1. The van der Waals surface area contributed by atoms with Gasteiger partial charge in [0.05, 0.1) is 0 Å². The second-order valence-electron chi connectivity index (χ2n) is 6.55. The predicted octanol–water partition coefficient (Wildman–Crippen LogP) is 3.20. The van der Waals surface area contributed by atoms with Crippen LogP contribution in [0.15, 0.2) is 0 Å². The van der Waals surface area contributed by atoms with Crippen LogP contribution in [0.5, 0.6) is 0 Å². The molecule has 0 radical (unpaired) electrons. The molecule has 0 bridgehead atoms. The summed E-state index contributed by atoms with van der Waals surface area (Å²) in [4.78, 5) is 0. The SMILES string of the molecule is CC(C)(C)N1CCN(C(C)(C)C)[Si]1(C)I. The molecule has 1 fully saturated rings. The minimum Gasteiger partial charge on any atom is -0.298 e. The van der Waals surface area contributed by atoms with E-state index >= 15 is 0 Å². The molecular weight excluding hydrogens is 315 g/mol. The molecule has 0 spiro atoms. The van der Waals surface area contributed by atoms with Crippen LogP contribution < -0.4 is 0 Å². The standard InChI is InChI=1S/C11H25IN2Si/c1-10(2,3)13-8-9-14(11(4,5)6)15(13,7)12/h8-9H2,1-7H3. The van der Waals surface area contributed by atoms with Gasteiger partial charge >= 0.3 is 0 Å². The van der Waals surface area contributed by atoms with E-state index in [1.54, 1.807) is 0 Å². The minimum atomic E-state index is -1.43. The normalized spacial score (nSPS) is 24.8. The first kappa shape index (κ1) is 13.9. The molecule has 0 aliphatic carbocycles. The van der Waals surface area contributed by atoms with Crippen molar-refractivity contribution in [3.63, 3.8) is 0 Å². The van der Waals surface area contributed by atoms with Gasteiger partial charge in [-0.3, -0.25) is 9.13 Å². The molecule has 0 aromatic rings. The van der Waals surface area contributed by atoms with Gasteiger partial charge in [0.15, 0.2) is 0 Å². The van der Waals surface area contributed by atoms with Crippen LogP contribution in [0.4, 0.5) is 0 Å². The summed E-state index contributed by atoms with van der Waals surface area (Å²) in [5, 5.41) is 0. The first-order valence-electron chi connectivity index (χ1n) is 5.72. The Morgan fingerprint density at radius 3 is 1.27 bits per heavy atom. The fourth-order valence-electron chi connectivity index (χ4n) is 2.65. The lowest BCUT2D eigenvalue weighted by atomic mass is 10.1. The van der Waals surface area contributed by atoms with E-state index in [2.05, 4.69) is 79.0 Å². The largest absolute Gasteiger partial charge is 0.298 e. The summed E-state index contributed by atoms with van der Waals surface area (Å²) in [6, 6.07) is 0. The summed E-state index contributed by atoms with van der Waals surface area (Å²) in [7, 11) is 0. The number of rotatable bonds is 0. The van der Waals surface area contributed by atoms with Crippen molar-refractivity contribution in [2.75, 3.05) is 13.1 Å². The lowest BCUT2D eigenvalue weighted by Crippen LogP contribution is -2.62. The molecular formula is C11H25IN2Si. The highest BCUT2D eigenvalue weighted by Crippen LogP contribution is 2.38. The van der Waals surface area contributed by atoms with Crippen molar-refractivity contribution < 1.29 is 0 Å². The van der Waals surface area contributed by atoms with Crippen molar-refractivity contribution in [1.29, 1.82) is 0 Å². The van der Waals surface area contributed by atoms with E-state index in [1.807, 2.05) is 0 Å². The Morgan fingerprint density at radius 2 is 1.13 bits per heavy atom. The minimum absolute atomic E-state index is 0.308. The number of hydrogen-bond acceptors (Lipinski definition) is 2. The van der Waals surface area contributed by atoms with Crippen LogP contribution in [0.2, 0.25) is 6.55 Å². The summed E-state index contributed by atoms with van der Waals surface area (Å²) in [6.07, 6.45) is 0. The highest BCUT2D eigenvalue weighted by atomic mass is 127. The van der Waals surface area contributed by atoms with Gasteiger partial charge in [0.25, 0.3) is 5.89 Å². The lowest BCUT2D eigenvalue weighted by molar-refractivity contribution is 0.267. The topological polar surface area (TPSA) is 6.48 Å². The third kappa shape index (κ3) is 2.76. The van der Waals surface area contributed by atoms with E-state index in [0.29, 0.717) is 11.1 Å². The van der Waals surface area contributed by atoms with E-state index in [-0.39, 0.29) is 0 Å². The van der Waals surface area contributed by atoms with Gasteiger partial charge < -0.3 is 0 Å². The van der Waals surface area contributed by atoms with E-state index in [1.165, 1.54) is 13.1 Å². The third-order valence-corrected chi connectivity index (χ3v) is 10.4. The maximum atomic E-state index is 2.73. The molecule has 0 amide bonds. The van der Waals surface area contributed by atoms with Crippen LogP contribution in [-0.4, -0.2) is 39.2 Å². The molecule has 2 nitrogen and oxygen atoms in total. The van der Waals surface area contributed by atoms with Gasteiger partial charge in [-0.1, -0.05) is 21.8 Å². The fourth-order valence-corrected chi connectivity index (χ4v) is 12.2. The Morgan fingerprint density at radius 1 is 0.867 bits per heavy atom. The van der Waals surface area contributed by atoms with E-state index in [0.717, 1.165) is 0 Å². The van der Waals surface area contributed by atoms with Crippen LogP contribution in [-0.2, 0) is 0 Å².